The van der Waals surface area contributed by atoms with Crippen LogP contribution in [0.5, 0.6) is 5.75 Å². The Hall–Kier alpha value is -1.80. The monoisotopic (exact) mass is 366 g/mol. The topological polar surface area (TPSA) is 76.1 Å². The molecule has 1 aromatic heterocycles. The number of nitrogens with zero attached hydrogens (tertiary/aromatic N) is 2. The SMILES string of the molecule is CCCNc1nnc(SCC(=O)NCCc2ccccc2OC)s1. The second-order valence-corrected chi connectivity index (χ2v) is 7.20. The van der Waals surface area contributed by atoms with Crippen LogP contribution in [0.3, 0.4) is 0 Å². The normalized spacial score (nSPS) is 10.4. The average Bonchev–Trinajstić information content (AvgIpc) is 3.06. The summed E-state index contributed by atoms with van der Waals surface area (Å²) in [6.07, 6.45) is 1.78. The van der Waals surface area contributed by atoms with Crippen molar-refractivity contribution >= 4 is 34.1 Å². The maximum absolute atomic E-state index is 11.9. The van der Waals surface area contributed by atoms with Crippen molar-refractivity contribution in [1.82, 2.24) is 15.5 Å². The van der Waals surface area contributed by atoms with Crippen LogP contribution in [0.2, 0.25) is 0 Å². The van der Waals surface area contributed by atoms with E-state index < -0.39 is 0 Å². The highest BCUT2D eigenvalue weighted by molar-refractivity contribution is 8.01. The van der Waals surface area contributed by atoms with Crippen molar-refractivity contribution in [2.24, 2.45) is 0 Å². The van der Waals surface area contributed by atoms with Gasteiger partial charge in [-0.1, -0.05) is 48.2 Å². The number of nitrogens with one attached hydrogen (secondary N) is 2. The second kappa shape index (κ2) is 10.1. The van der Waals surface area contributed by atoms with Gasteiger partial charge in [0.05, 0.1) is 12.9 Å². The van der Waals surface area contributed by atoms with Gasteiger partial charge in [0.15, 0.2) is 4.34 Å². The van der Waals surface area contributed by atoms with Crippen LogP contribution in [0.15, 0.2) is 28.6 Å². The Kier molecular flexibility index (Phi) is 7.84. The molecule has 0 saturated carbocycles. The van der Waals surface area contributed by atoms with E-state index in [1.807, 2.05) is 24.3 Å². The first kappa shape index (κ1) is 18.5. The highest BCUT2D eigenvalue weighted by Crippen LogP contribution is 2.25. The average molecular weight is 367 g/mol. The number of para-hydroxylation sites is 1. The lowest BCUT2D eigenvalue weighted by Gasteiger charge is -2.08. The molecule has 8 heteroatoms. The largest absolute Gasteiger partial charge is 0.496 e. The minimum atomic E-state index is -0.00633. The molecule has 24 heavy (non-hydrogen) atoms. The van der Waals surface area contributed by atoms with Crippen LogP contribution in [0, 0.1) is 0 Å². The molecule has 6 nitrogen and oxygen atoms in total. The minimum absolute atomic E-state index is 0.00633. The van der Waals surface area contributed by atoms with E-state index in [1.165, 1.54) is 23.1 Å². The van der Waals surface area contributed by atoms with Crippen molar-refractivity contribution < 1.29 is 9.53 Å². The number of methoxy groups -OCH3 is 1. The number of thioether (sulfide) groups is 1. The van der Waals surface area contributed by atoms with Crippen molar-refractivity contribution in [3.05, 3.63) is 29.8 Å². The van der Waals surface area contributed by atoms with Crippen LogP contribution in [0.25, 0.3) is 0 Å². The first-order valence-electron chi connectivity index (χ1n) is 7.81. The first-order valence-corrected chi connectivity index (χ1v) is 9.62. The molecule has 0 radical (unpaired) electrons. The highest BCUT2D eigenvalue weighted by Gasteiger charge is 2.08. The Morgan fingerprint density at radius 1 is 1.29 bits per heavy atom. The summed E-state index contributed by atoms with van der Waals surface area (Å²) in [6, 6.07) is 7.83. The molecule has 0 aliphatic rings. The van der Waals surface area contributed by atoms with E-state index in [4.69, 9.17) is 4.74 Å². The maximum Gasteiger partial charge on any atom is 0.230 e. The van der Waals surface area contributed by atoms with Gasteiger partial charge in [0.25, 0.3) is 0 Å². The predicted octanol–water partition coefficient (Wildman–Crippen LogP) is 2.82. The summed E-state index contributed by atoms with van der Waals surface area (Å²) in [5.74, 6) is 1.18. The molecule has 2 aromatic rings. The van der Waals surface area contributed by atoms with Gasteiger partial charge in [-0.15, -0.1) is 10.2 Å². The van der Waals surface area contributed by atoms with Gasteiger partial charge in [-0.25, -0.2) is 0 Å². The lowest BCUT2D eigenvalue weighted by molar-refractivity contribution is -0.118. The summed E-state index contributed by atoms with van der Waals surface area (Å²) >= 11 is 2.88. The Morgan fingerprint density at radius 3 is 2.92 bits per heavy atom. The third-order valence-corrected chi connectivity index (χ3v) is 5.18. The molecule has 1 aromatic carbocycles. The van der Waals surface area contributed by atoms with E-state index in [1.54, 1.807) is 7.11 Å². The molecule has 0 aliphatic heterocycles. The molecule has 1 amide bonds. The molecule has 130 valence electrons. The van der Waals surface area contributed by atoms with E-state index in [9.17, 15) is 4.79 Å². The Bertz CT molecular complexity index is 649. The van der Waals surface area contributed by atoms with E-state index in [2.05, 4.69) is 27.8 Å². The van der Waals surface area contributed by atoms with Gasteiger partial charge in [0.2, 0.25) is 11.0 Å². The fourth-order valence-electron chi connectivity index (χ4n) is 2.00. The zero-order chi connectivity index (χ0) is 17.2. The van der Waals surface area contributed by atoms with Crippen molar-refractivity contribution in [3.63, 3.8) is 0 Å². The van der Waals surface area contributed by atoms with Gasteiger partial charge in [0, 0.05) is 13.1 Å². The van der Waals surface area contributed by atoms with Crippen molar-refractivity contribution in [1.29, 1.82) is 0 Å². The fraction of sp³-hybridized carbons (Fsp3) is 0.438. The third kappa shape index (κ3) is 6.01. The number of hydrogen-bond acceptors (Lipinski definition) is 7. The van der Waals surface area contributed by atoms with Crippen LogP contribution in [0.4, 0.5) is 5.13 Å². The number of ether oxygens (including phenoxy) is 1. The van der Waals surface area contributed by atoms with Crippen molar-refractivity contribution in [2.75, 3.05) is 31.3 Å². The summed E-state index contributed by atoms with van der Waals surface area (Å²) in [5.41, 5.74) is 1.09. The van der Waals surface area contributed by atoms with E-state index >= 15 is 0 Å². The molecule has 2 N–H and O–H groups in total. The lowest BCUT2D eigenvalue weighted by atomic mass is 10.1. The van der Waals surface area contributed by atoms with Gasteiger partial charge in [-0.2, -0.15) is 0 Å². The summed E-state index contributed by atoms with van der Waals surface area (Å²) in [4.78, 5) is 11.9. The number of anilines is 1. The molecule has 0 atom stereocenters. The minimum Gasteiger partial charge on any atom is -0.496 e. The zero-order valence-electron chi connectivity index (χ0n) is 13.9. The Balaban J connectivity index is 1.69. The number of aromatic nitrogens is 2. The molecule has 0 spiro atoms. The van der Waals surface area contributed by atoms with Gasteiger partial charge in [-0.3, -0.25) is 4.79 Å². The number of hydrogen-bond donors (Lipinski definition) is 2. The van der Waals surface area contributed by atoms with Gasteiger partial charge < -0.3 is 15.4 Å². The number of carbonyl (C=O) groups excluding carboxylic acids is 1. The molecule has 0 aliphatic carbocycles. The van der Waals surface area contributed by atoms with E-state index in [0.29, 0.717) is 12.3 Å². The van der Waals surface area contributed by atoms with Crippen LogP contribution in [-0.2, 0) is 11.2 Å². The fourth-order valence-corrected chi connectivity index (χ4v) is 3.60. The van der Waals surface area contributed by atoms with E-state index in [-0.39, 0.29) is 5.91 Å². The van der Waals surface area contributed by atoms with Gasteiger partial charge in [0.1, 0.15) is 5.75 Å². The van der Waals surface area contributed by atoms with E-state index in [0.717, 1.165) is 40.2 Å². The smallest absolute Gasteiger partial charge is 0.230 e. The summed E-state index contributed by atoms with van der Waals surface area (Å²) < 4.78 is 6.10. The van der Waals surface area contributed by atoms with Crippen molar-refractivity contribution in [2.45, 2.75) is 24.1 Å². The maximum atomic E-state index is 11.9. The van der Waals surface area contributed by atoms with Crippen LogP contribution in [-0.4, -0.2) is 42.1 Å². The first-order chi connectivity index (χ1) is 11.7. The molecule has 0 fully saturated rings. The molecule has 0 bridgehead atoms. The van der Waals surface area contributed by atoms with Gasteiger partial charge in [-0.05, 0) is 24.5 Å². The molecule has 0 unspecified atom stereocenters. The summed E-state index contributed by atoms with van der Waals surface area (Å²) in [7, 11) is 1.65. The quantitative estimate of drug-likeness (QED) is 0.630. The number of amides is 1. The molecule has 0 saturated heterocycles. The van der Waals surface area contributed by atoms with Crippen molar-refractivity contribution in [3.8, 4) is 5.75 Å². The summed E-state index contributed by atoms with van der Waals surface area (Å²) in [5, 5.41) is 15.0. The second-order valence-electron chi connectivity index (χ2n) is 5.00. The predicted molar refractivity (Wildman–Crippen MR) is 99.1 cm³/mol. The van der Waals surface area contributed by atoms with Crippen LogP contribution in [0.1, 0.15) is 18.9 Å². The standard InChI is InChI=1S/C16H22N4O2S2/c1-3-9-18-15-19-20-16(24-15)23-11-14(21)17-10-8-12-6-4-5-7-13(12)22-2/h4-7H,3,8-11H2,1-2H3,(H,17,21)(H,18,19). The highest BCUT2D eigenvalue weighted by atomic mass is 32.2. The number of carbonyl (C=O) groups is 1. The third-order valence-electron chi connectivity index (χ3n) is 3.17. The molecule has 1 heterocycles. The number of rotatable bonds is 10. The molecule has 2 rings (SSSR count). The number of benzene rings is 1. The van der Waals surface area contributed by atoms with Crippen LogP contribution < -0.4 is 15.4 Å². The lowest BCUT2D eigenvalue weighted by Crippen LogP contribution is -2.27. The Morgan fingerprint density at radius 2 is 2.12 bits per heavy atom. The molecular weight excluding hydrogens is 344 g/mol. The zero-order valence-corrected chi connectivity index (χ0v) is 15.5. The van der Waals surface area contributed by atoms with Crippen LogP contribution >= 0.6 is 23.1 Å². The Labute approximate surface area is 150 Å². The van der Waals surface area contributed by atoms with Gasteiger partial charge >= 0.3 is 0 Å². The molecular formula is C16H22N4O2S2. The summed E-state index contributed by atoms with van der Waals surface area (Å²) in [6.45, 7) is 3.56.